The van der Waals surface area contributed by atoms with Crippen LogP contribution in [0.25, 0.3) is 0 Å². The zero-order valence-electron chi connectivity index (χ0n) is 8.13. The molecule has 3 heteroatoms. The van der Waals surface area contributed by atoms with Crippen molar-refractivity contribution in [3.05, 3.63) is 33.8 Å². The molecule has 14 heavy (non-hydrogen) atoms. The molecule has 0 saturated carbocycles. The summed E-state index contributed by atoms with van der Waals surface area (Å²) in [4.78, 5) is 0. The van der Waals surface area contributed by atoms with Gasteiger partial charge in [0.05, 0.1) is 6.10 Å². The fourth-order valence-electron chi connectivity index (χ4n) is 1.44. The maximum atomic E-state index is 9.60. The molecule has 0 heterocycles. The Morgan fingerprint density at radius 3 is 2.29 bits per heavy atom. The van der Waals surface area contributed by atoms with Crippen LogP contribution in [0.2, 0.25) is 10.0 Å². The zero-order chi connectivity index (χ0) is 10.6. The van der Waals surface area contributed by atoms with Crippen LogP contribution in [0.4, 0.5) is 0 Å². The molecule has 0 aliphatic heterocycles. The zero-order valence-corrected chi connectivity index (χ0v) is 9.65. The number of aliphatic hydroxyl groups is 1. The Bertz CT molecular complexity index is 279. The van der Waals surface area contributed by atoms with E-state index in [4.69, 9.17) is 23.2 Å². The first kappa shape index (κ1) is 11.8. The van der Waals surface area contributed by atoms with E-state index in [9.17, 15) is 5.11 Å². The standard InChI is InChI=1S/C11H14Cl2O/c1-2-3-11(14)6-8-4-9(12)7-10(13)5-8/h4-5,7,11,14H,2-3,6H2,1H3. The molecule has 0 radical (unpaired) electrons. The second-order valence-corrected chi connectivity index (χ2v) is 4.30. The van der Waals surface area contributed by atoms with Gasteiger partial charge in [-0.15, -0.1) is 0 Å². The van der Waals surface area contributed by atoms with Crippen molar-refractivity contribution >= 4 is 23.2 Å². The fourth-order valence-corrected chi connectivity index (χ4v) is 2.01. The van der Waals surface area contributed by atoms with E-state index in [2.05, 4.69) is 0 Å². The number of benzene rings is 1. The van der Waals surface area contributed by atoms with Crippen molar-refractivity contribution in [2.75, 3.05) is 0 Å². The SMILES string of the molecule is CCCC(O)Cc1cc(Cl)cc(Cl)c1. The highest BCUT2D eigenvalue weighted by Crippen LogP contribution is 2.20. The lowest BCUT2D eigenvalue weighted by atomic mass is 10.0. The maximum Gasteiger partial charge on any atom is 0.0580 e. The van der Waals surface area contributed by atoms with Gasteiger partial charge >= 0.3 is 0 Å². The van der Waals surface area contributed by atoms with Gasteiger partial charge in [-0.2, -0.15) is 0 Å². The molecule has 0 bridgehead atoms. The summed E-state index contributed by atoms with van der Waals surface area (Å²) >= 11 is 11.7. The first-order valence-corrected chi connectivity index (χ1v) is 5.50. The van der Waals surface area contributed by atoms with Crippen molar-refractivity contribution in [2.24, 2.45) is 0 Å². The number of rotatable bonds is 4. The highest BCUT2D eigenvalue weighted by atomic mass is 35.5. The molecule has 1 nitrogen and oxygen atoms in total. The van der Waals surface area contributed by atoms with Gasteiger partial charge in [-0.3, -0.25) is 0 Å². The fraction of sp³-hybridized carbons (Fsp3) is 0.455. The Balaban J connectivity index is 2.66. The molecule has 0 fully saturated rings. The minimum Gasteiger partial charge on any atom is -0.393 e. The molecule has 1 aromatic carbocycles. The van der Waals surface area contributed by atoms with E-state index in [1.807, 2.05) is 19.1 Å². The summed E-state index contributed by atoms with van der Waals surface area (Å²) in [5.41, 5.74) is 0.989. The molecule has 0 saturated heterocycles. The summed E-state index contributed by atoms with van der Waals surface area (Å²) in [5, 5.41) is 10.8. The van der Waals surface area contributed by atoms with E-state index in [1.165, 1.54) is 0 Å². The van der Waals surface area contributed by atoms with Crippen LogP contribution in [0.5, 0.6) is 0 Å². The molecule has 1 atom stereocenters. The van der Waals surface area contributed by atoms with Gasteiger partial charge in [-0.05, 0) is 36.6 Å². The van der Waals surface area contributed by atoms with Crippen LogP contribution in [0.1, 0.15) is 25.3 Å². The van der Waals surface area contributed by atoms with Gasteiger partial charge in [0.2, 0.25) is 0 Å². The molecule has 0 amide bonds. The average molecular weight is 233 g/mol. The molecule has 0 aliphatic rings. The second-order valence-electron chi connectivity index (χ2n) is 3.42. The van der Waals surface area contributed by atoms with Gasteiger partial charge in [0.15, 0.2) is 0 Å². The average Bonchev–Trinajstić information content (AvgIpc) is 2.01. The first-order chi connectivity index (χ1) is 6.61. The van der Waals surface area contributed by atoms with Crippen molar-refractivity contribution in [3.63, 3.8) is 0 Å². The van der Waals surface area contributed by atoms with Crippen molar-refractivity contribution < 1.29 is 5.11 Å². The van der Waals surface area contributed by atoms with Crippen LogP contribution in [0.15, 0.2) is 18.2 Å². The van der Waals surface area contributed by atoms with Gasteiger partial charge in [-0.1, -0.05) is 36.5 Å². The van der Waals surface area contributed by atoms with Gasteiger partial charge < -0.3 is 5.11 Å². The van der Waals surface area contributed by atoms with E-state index in [0.717, 1.165) is 18.4 Å². The summed E-state index contributed by atoms with van der Waals surface area (Å²) in [7, 11) is 0. The molecule has 1 unspecified atom stereocenters. The molecular weight excluding hydrogens is 219 g/mol. The van der Waals surface area contributed by atoms with Gasteiger partial charge in [-0.25, -0.2) is 0 Å². The van der Waals surface area contributed by atoms with E-state index in [1.54, 1.807) is 6.07 Å². The quantitative estimate of drug-likeness (QED) is 0.840. The first-order valence-electron chi connectivity index (χ1n) is 4.75. The summed E-state index contributed by atoms with van der Waals surface area (Å²) in [6.07, 6.45) is 2.11. The highest BCUT2D eigenvalue weighted by molar-refractivity contribution is 6.34. The summed E-state index contributed by atoms with van der Waals surface area (Å²) in [6.45, 7) is 2.05. The third-order valence-corrected chi connectivity index (χ3v) is 2.45. The molecule has 1 aromatic rings. The summed E-state index contributed by atoms with van der Waals surface area (Å²) in [6, 6.07) is 5.37. The number of hydrogen-bond acceptors (Lipinski definition) is 1. The molecule has 1 rings (SSSR count). The van der Waals surface area contributed by atoms with Gasteiger partial charge in [0.25, 0.3) is 0 Å². The molecule has 0 aromatic heterocycles. The van der Waals surface area contributed by atoms with Gasteiger partial charge in [0, 0.05) is 10.0 Å². The van der Waals surface area contributed by atoms with Crippen molar-refractivity contribution in [1.82, 2.24) is 0 Å². The number of aliphatic hydroxyl groups excluding tert-OH is 1. The summed E-state index contributed by atoms with van der Waals surface area (Å²) < 4.78 is 0. The lowest BCUT2D eigenvalue weighted by Gasteiger charge is -2.09. The lowest BCUT2D eigenvalue weighted by Crippen LogP contribution is -2.09. The van der Waals surface area contributed by atoms with Gasteiger partial charge in [0.1, 0.15) is 0 Å². The van der Waals surface area contributed by atoms with Crippen molar-refractivity contribution in [2.45, 2.75) is 32.3 Å². The normalized spacial score (nSPS) is 12.9. The third kappa shape index (κ3) is 3.87. The molecule has 0 spiro atoms. The van der Waals surface area contributed by atoms with E-state index in [-0.39, 0.29) is 6.10 Å². The predicted molar refractivity (Wildman–Crippen MR) is 61.1 cm³/mol. The Kier molecular flexibility index (Phi) is 4.73. The van der Waals surface area contributed by atoms with Crippen molar-refractivity contribution in [3.8, 4) is 0 Å². The van der Waals surface area contributed by atoms with E-state index < -0.39 is 0 Å². The number of halogens is 2. The minimum absolute atomic E-state index is 0.297. The van der Waals surface area contributed by atoms with E-state index in [0.29, 0.717) is 16.5 Å². The van der Waals surface area contributed by atoms with Crippen LogP contribution < -0.4 is 0 Å². The van der Waals surface area contributed by atoms with Crippen molar-refractivity contribution in [1.29, 1.82) is 0 Å². The minimum atomic E-state index is -0.297. The molecule has 78 valence electrons. The predicted octanol–water partition coefficient (Wildman–Crippen LogP) is 3.70. The highest BCUT2D eigenvalue weighted by Gasteiger charge is 2.05. The topological polar surface area (TPSA) is 20.2 Å². The van der Waals surface area contributed by atoms with Crippen LogP contribution >= 0.6 is 23.2 Å². The lowest BCUT2D eigenvalue weighted by molar-refractivity contribution is 0.164. The Hall–Kier alpha value is -0.240. The largest absolute Gasteiger partial charge is 0.393 e. The molecule has 1 N–H and O–H groups in total. The van der Waals surface area contributed by atoms with Crippen LogP contribution in [0.3, 0.4) is 0 Å². The van der Waals surface area contributed by atoms with Crippen LogP contribution in [0, 0.1) is 0 Å². The maximum absolute atomic E-state index is 9.60. The van der Waals surface area contributed by atoms with Crippen LogP contribution in [-0.2, 0) is 6.42 Å². The summed E-state index contributed by atoms with van der Waals surface area (Å²) in [5.74, 6) is 0. The molecule has 0 aliphatic carbocycles. The smallest absolute Gasteiger partial charge is 0.0580 e. The third-order valence-electron chi connectivity index (χ3n) is 2.02. The van der Waals surface area contributed by atoms with Crippen LogP contribution in [-0.4, -0.2) is 11.2 Å². The second kappa shape index (κ2) is 5.59. The molecular formula is C11H14Cl2O. The van der Waals surface area contributed by atoms with E-state index >= 15 is 0 Å². The Morgan fingerprint density at radius 1 is 1.21 bits per heavy atom. The Morgan fingerprint density at radius 2 is 1.79 bits per heavy atom. The monoisotopic (exact) mass is 232 g/mol. The number of hydrogen-bond donors (Lipinski definition) is 1. The Labute approximate surface area is 94.7 Å².